The number of aryl methyl sites for hydroxylation is 1. The molecule has 18 heavy (non-hydrogen) atoms. The largest absolute Gasteiger partial charge is 0.271 e. The van der Waals surface area contributed by atoms with Crippen molar-refractivity contribution < 1.29 is 0 Å². The maximum atomic E-state index is 5.77. The summed E-state index contributed by atoms with van der Waals surface area (Å²) < 4.78 is 1.93. The van der Waals surface area contributed by atoms with E-state index < -0.39 is 0 Å². The van der Waals surface area contributed by atoms with E-state index in [1.807, 2.05) is 17.9 Å². The van der Waals surface area contributed by atoms with Crippen LogP contribution in [0, 0.1) is 17.8 Å². The summed E-state index contributed by atoms with van der Waals surface area (Å²) in [5.74, 6) is 8.11. The van der Waals surface area contributed by atoms with Crippen LogP contribution >= 0.6 is 0 Å². The first-order valence-electron chi connectivity index (χ1n) is 7.07. The molecule has 4 nitrogen and oxygen atoms in total. The standard InChI is InChI=1S/C14H26N4/c1-10(2)11-4-6-12(7-5-11)14(17-15)13-8-9-16-18(13)3/h8-12,14,17H,4-7,15H2,1-3H3. The molecule has 4 heteroatoms. The van der Waals surface area contributed by atoms with Gasteiger partial charge in [-0.3, -0.25) is 16.0 Å². The molecular weight excluding hydrogens is 224 g/mol. The first-order valence-corrected chi connectivity index (χ1v) is 7.07. The van der Waals surface area contributed by atoms with Crippen molar-refractivity contribution in [3.63, 3.8) is 0 Å². The molecule has 0 saturated heterocycles. The van der Waals surface area contributed by atoms with Crippen molar-refractivity contribution in [2.24, 2.45) is 30.6 Å². The molecule has 2 rings (SSSR count). The van der Waals surface area contributed by atoms with E-state index in [0.717, 1.165) is 11.8 Å². The van der Waals surface area contributed by atoms with Crippen molar-refractivity contribution in [2.75, 3.05) is 0 Å². The predicted octanol–water partition coefficient (Wildman–Crippen LogP) is 2.39. The molecule has 1 aromatic heterocycles. The van der Waals surface area contributed by atoms with Crippen LogP contribution in [0.25, 0.3) is 0 Å². The Morgan fingerprint density at radius 2 is 1.89 bits per heavy atom. The molecule has 0 spiro atoms. The average Bonchev–Trinajstić information content (AvgIpc) is 2.78. The molecular formula is C14H26N4. The van der Waals surface area contributed by atoms with E-state index in [0.29, 0.717) is 5.92 Å². The van der Waals surface area contributed by atoms with Crippen LogP contribution in [0.15, 0.2) is 12.3 Å². The van der Waals surface area contributed by atoms with Gasteiger partial charge in [0.25, 0.3) is 0 Å². The Labute approximate surface area is 110 Å². The third-order valence-corrected chi connectivity index (χ3v) is 4.59. The Morgan fingerprint density at radius 1 is 1.28 bits per heavy atom. The van der Waals surface area contributed by atoms with Crippen molar-refractivity contribution in [1.82, 2.24) is 15.2 Å². The minimum atomic E-state index is 0.241. The number of hydrazine groups is 1. The van der Waals surface area contributed by atoms with E-state index in [4.69, 9.17) is 5.84 Å². The van der Waals surface area contributed by atoms with Crippen molar-refractivity contribution in [3.05, 3.63) is 18.0 Å². The lowest BCUT2D eigenvalue weighted by atomic mass is 9.74. The average molecular weight is 250 g/mol. The number of nitrogens with two attached hydrogens (primary N) is 1. The van der Waals surface area contributed by atoms with Crippen LogP contribution in [0.3, 0.4) is 0 Å². The predicted molar refractivity (Wildman–Crippen MR) is 73.6 cm³/mol. The molecule has 1 aromatic rings. The van der Waals surface area contributed by atoms with E-state index in [-0.39, 0.29) is 6.04 Å². The fourth-order valence-electron chi connectivity index (χ4n) is 3.30. The van der Waals surface area contributed by atoms with Crippen LogP contribution in [0.2, 0.25) is 0 Å². The summed E-state index contributed by atoms with van der Waals surface area (Å²) in [5, 5.41) is 4.24. The quantitative estimate of drug-likeness (QED) is 0.637. The normalized spacial score (nSPS) is 26.5. The number of aromatic nitrogens is 2. The summed E-state index contributed by atoms with van der Waals surface area (Å²) in [6.07, 6.45) is 7.04. The first-order chi connectivity index (χ1) is 8.63. The Hall–Kier alpha value is -0.870. The third kappa shape index (κ3) is 2.75. The van der Waals surface area contributed by atoms with Crippen molar-refractivity contribution in [3.8, 4) is 0 Å². The number of nitrogens with one attached hydrogen (secondary N) is 1. The van der Waals surface area contributed by atoms with E-state index in [1.165, 1.54) is 31.4 Å². The summed E-state index contributed by atoms with van der Waals surface area (Å²) >= 11 is 0. The molecule has 1 heterocycles. The second kappa shape index (κ2) is 5.85. The molecule has 102 valence electrons. The van der Waals surface area contributed by atoms with Gasteiger partial charge in [0.2, 0.25) is 0 Å². The van der Waals surface area contributed by atoms with Crippen LogP contribution in [0.5, 0.6) is 0 Å². The molecule has 0 aliphatic heterocycles. The molecule has 1 atom stereocenters. The van der Waals surface area contributed by atoms with Crippen molar-refractivity contribution in [2.45, 2.75) is 45.6 Å². The number of rotatable bonds is 4. The second-order valence-corrected chi connectivity index (χ2v) is 5.94. The minimum Gasteiger partial charge on any atom is -0.271 e. The molecule has 0 aromatic carbocycles. The van der Waals surface area contributed by atoms with Gasteiger partial charge in [-0.15, -0.1) is 0 Å². The SMILES string of the molecule is CC(C)C1CCC(C(NN)c2ccnn2C)CC1. The highest BCUT2D eigenvalue weighted by Gasteiger charge is 2.30. The lowest BCUT2D eigenvalue weighted by Gasteiger charge is -2.35. The van der Waals surface area contributed by atoms with Gasteiger partial charge in [-0.05, 0) is 49.5 Å². The summed E-state index contributed by atoms with van der Waals surface area (Å²) in [7, 11) is 1.99. The summed E-state index contributed by atoms with van der Waals surface area (Å²) in [6, 6.07) is 2.31. The fourth-order valence-corrected chi connectivity index (χ4v) is 3.30. The van der Waals surface area contributed by atoms with Crippen LogP contribution < -0.4 is 11.3 Å². The highest BCUT2D eigenvalue weighted by atomic mass is 15.3. The van der Waals surface area contributed by atoms with E-state index >= 15 is 0 Å². The number of hydrogen-bond donors (Lipinski definition) is 2. The molecule has 0 bridgehead atoms. The molecule has 0 amide bonds. The van der Waals surface area contributed by atoms with Gasteiger partial charge < -0.3 is 0 Å². The Bertz CT molecular complexity index is 364. The Morgan fingerprint density at radius 3 is 2.33 bits per heavy atom. The molecule has 1 unspecified atom stereocenters. The van der Waals surface area contributed by atoms with Crippen molar-refractivity contribution >= 4 is 0 Å². The maximum Gasteiger partial charge on any atom is 0.0657 e. The van der Waals surface area contributed by atoms with Crippen LogP contribution in [0.4, 0.5) is 0 Å². The van der Waals surface area contributed by atoms with Gasteiger partial charge in [0, 0.05) is 13.2 Å². The smallest absolute Gasteiger partial charge is 0.0657 e. The maximum absolute atomic E-state index is 5.77. The third-order valence-electron chi connectivity index (χ3n) is 4.59. The monoisotopic (exact) mass is 250 g/mol. The van der Waals surface area contributed by atoms with Gasteiger partial charge in [-0.1, -0.05) is 13.8 Å². The first kappa shape index (κ1) is 13.6. The lowest BCUT2D eigenvalue weighted by molar-refractivity contribution is 0.186. The molecule has 1 aliphatic carbocycles. The minimum absolute atomic E-state index is 0.241. The summed E-state index contributed by atoms with van der Waals surface area (Å²) in [5.41, 5.74) is 4.20. The fraction of sp³-hybridized carbons (Fsp3) is 0.786. The van der Waals surface area contributed by atoms with Gasteiger partial charge in [0.15, 0.2) is 0 Å². The summed E-state index contributed by atoms with van der Waals surface area (Å²) in [6.45, 7) is 4.68. The zero-order chi connectivity index (χ0) is 13.1. The molecule has 1 fully saturated rings. The number of nitrogens with zero attached hydrogens (tertiary/aromatic N) is 2. The molecule has 1 saturated carbocycles. The second-order valence-electron chi connectivity index (χ2n) is 5.94. The van der Waals surface area contributed by atoms with E-state index in [9.17, 15) is 0 Å². The highest BCUT2D eigenvalue weighted by Crippen LogP contribution is 2.38. The molecule has 1 aliphatic rings. The zero-order valence-corrected chi connectivity index (χ0v) is 11.8. The molecule has 3 N–H and O–H groups in total. The Kier molecular flexibility index (Phi) is 4.40. The van der Waals surface area contributed by atoms with Gasteiger partial charge in [0.1, 0.15) is 0 Å². The van der Waals surface area contributed by atoms with Crippen molar-refractivity contribution in [1.29, 1.82) is 0 Å². The lowest BCUT2D eigenvalue weighted by Crippen LogP contribution is -2.37. The van der Waals surface area contributed by atoms with Gasteiger partial charge in [-0.2, -0.15) is 5.10 Å². The van der Waals surface area contributed by atoms with Crippen LogP contribution in [0.1, 0.15) is 51.3 Å². The van der Waals surface area contributed by atoms with E-state index in [1.54, 1.807) is 0 Å². The highest BCUT2D eigenvalue weighted by molar-refractivity contribution is 5.08. The summed E-state index contributed by atoms with van der Waals surface area (Å²) in [4.78, 5) is 0. The zero-order valence-electron chi connectivity index (χ0n) is 11.8. The van der Waals surface area contributed by atoms with Crippen LogP contribution in [-0.2, 0) is 7.05 Å². The van der Waals surface area contributed by atoms with Crippen LogP contribution in [-0.4, -0.2) is 9.78 Å². The van der Waals surface area contributed by atoms with Gasteiger partial charge in [0.05, 0.1) is 11.7 Å². The molecule has 0 radical (unpaired) electrons. The van der Waals surface area contributed by atoms with E-state index in [2.05, 4.69) is 30.4 Å². The van der Waals surface area contributed by atoms with Gasteiger partial charge in [-0.25, -0.2) is 0 Å². The van der Waals surface area contributed by atoms with Gasteiger partial charge >= 0.3 is 0 Å². The Balaban J connectivity index is 2.01. The number of hydrogen-bond acceptors (Lipinski definition) is 3. The topological polar surface area (TPSA) is 55.9 Å².